The van der Waals surface area contributed by atoms with Crippen molar-refractivity contribution in [3.8, 4) is 16.8 Å². The summed E-state index contributed by atoms with van der Waals surface area (Å²) in [6.45, 7) is 21.7. The molecule has 11 aromatic rings. The molecule has 2 aliphatic heterocycles. The first-order valence-corrected chi connectivity index (χ1v) is 25.0. The lowest BCUT2D eigenvalue weighted by atomic mass is 9.43. The van der Waals surface area contributed by atoms with Gasteiger partial charge in [-0.05, 0) is 158 Å². The van der Waals surface area contributed by atoms with Gasteiger partial charge in [-0.1, -0.05) is 122 Å². The molecular weight excluding hydrogens is 828 g/mol. The number of hydrogen-bond donors (Lipinski definition) is 0. The molecule has 3 aromatic heterocycles. The van der Waals surface area contributed by atoms with E-state index in [-0.39, 0.29) is 28.5 Å². The van der Waals surface area contributed by atoms with E-state index in [4.69, 9.17) is 8.83 Å². The number of nitrogens with zero attached hydrogens (tertiary/aromatic N) is 2. The van der Waals surface area contributed by atoms with Crippen LogP contribution in [-0.2, 0) is 21.7 Å². The van der Waals surface area contributed by atoms with E-state index in [2.05, 4.69) is 193 Å². The molecule has 5 heteroatoms. The van der Waals surface area contributed by atoms with Gasteiger partial charge in [0, 0.05) is 54.9 Å². The van der Waals surface area contributed by atoms with E-state index in [1.807, 2.05) is 0 Å². The van der Waals surface area contributed by atoms with Crippen molar-refractivity contribution in [2.24, 2.45) is 0 Å². The molecule has 68 heavy (non-hydrogen) atoms. The minimum Gasteiger partial charge on any atom is -0.455 e. The third kappa shape index (κ3) is 4.83. The highest BCUT2D eigenvalue weighted by Crippen LogP contribution is 2.56. The lowest BCUT2D eigenvalue weighted by Gasteiger charge is -2.45. The zero-order chi connectivity index (χ0) is 46.1. The minimum absolute atomic E-state index is 0.0276. The highest BCUT2D eigenvalue weighted by atomic mass is 16.3. The van der Waals surface area contributed by atoms with Crippen LogP contribution in [0.4, 0.5) is 11.4 Å². The van der Waals surface area contributed by atoms with Crippen molar-refractivity contribution in [1.29, 1.82) is 0 Å². The molecular formula is C63H55BN2O2. The van der Waals surface area contributed by atoms with E-state index in [0.29, 0.717) is 0 Å². The summed E-state index contributed by atoms with van der Waals surface area (Å²) in [4.78, 5) is 2.72. The van der Waals surface area contributed by atoms with Gasteiger partial charge in [0.2, 0.25) is 0 Å². The van der Waals surface area contributed by atoms with Gasteiger partial charge in [-0.3, -0.25) is 0 Å². The first-order chi connectivity index (χ1) is 32.6. The second-order valence-corrected chi connectivity index (χ2v) is 23.8. The van der Waals surface area contributed by atoms with E-state index < -0.39 is 0 Å². The average molecular weight is 883 g/mol. The largest absolute Gasteiger partial charge is 0.455 e. The van der Waals surface area contributed by atoms with E-state index in [9.17, 15) is 0 Å². The first kappa shape index (κ1) is 39.3. The summed E-state index contributed by atoms with van der Waals surface area (Å²) >= 11 is 0. The van der Waals surface area contributed by atoms with Gasteiger partial charge >= 0.3 is 6.85 Å². The summed E-state index contributed by atoms with van der Waals surface area (Å²) < 4.78 is 17.4. The second kappa shape index (κ2) is 12.5. The molecule has 8 aromatic carbocycles. The zero-order valence-corrected chi connectivity index (χ0v) is 40.7. The normalized spacial score (nSPS) is 18.2. The van der Waals surface area contributed by atoms with Gasteiger partial charge in [-0.2, -0.15) is 0 Å². The number of furan rings is 2. The third-order valence-corrected chi connectivity index (χ3v) is 18.0. The van der Waals surface area contributed by atoms with E-state index >= 15 is 0 Å². The molecule has 0 radical (unpaired) electrons. The number of anilines is 2. The van der Waals surface area contributed by atoms with Crippen LogP contribution in [0.15, 0.2) is 130 Å². The fourth-order valence-corrected chi connectivity index (χ4v) is 14.0. The predicted octanol–water partition coefficient (Wildman–Crippen LogP) is 16.0. The van der Waals surface area contributed by atoms with E-state index in [0.717, 1.165) is 74.6 Å². The lowest BCUT2D eigenvalue weighted by molar-refractivity contribution is 0.332. The van der Waals surface area contributed by atoms with Crippen LogP contribution >= 0.6 is 0 Å². The molecule has 0 saturated carbocycles. The predicted molar refractivity (Wildman–Crippen MR) is 287 cm³/mol. The minimum atomic E-state index is -0.160. The molecule has 0 saturated heterocycles. The highest BCUT2D eigenvalue weighted by molar-refractivity contribution is 6.94. The molecule has 0 N–H and O–H groups in total. The molecule has 4 aliphatic rings. The van der Waals surface area contributed by atoms with Gasteiger partial charge in [0.1, 0.15) is 22.3 Å². The monoisotopic (exact) mass is 882 g/mol. The zero-order valence-electron chi connectivity index (χ0n) is 40.7. The summed E-state index contributed by atoms with van der Waals surface area (Å²) in [5.41, 5.74) is 22.0. The van der Waals surface area contributed by atoms with Crippen molar-refractivity contribution in [3.05, 3.63) is 149 Å². The van der Waals surface area contributed by atoms with Gasteiger partial charge in [-0.25, -0.2) is 0 Å². The van der Waals surface area contributed by atoms with Crippen LogP contribution in [0, 0.1) is 6.92 Å². The summed E-state index contributed by atoms with van der Waals surface area (Å²) in [6.07, 6.45) is 4.64. The quantitative estimate of drug-likeness (QED) is 0.154. The highest BCUT2D eigenvalue weighted by Gasteiger charge is 2.48. The Bertz CT molecular complexity index is 4130. The molecule has 15 rings (SSSR count). The van der Waals surface area contributed by atoms with Crippen molar-refractivity contribution in [2.75, 3.05) is 4.81 Å². The number of fused-ring (bicyclic) bond motifs is 18. The van der Waals surface area contributed by atoms with Crippen molar-refractivity contribution in [3.63, 3.8) is 0 Å². The number of benzene rings is 8. The van der Waals surface area contributed by atoms with Gasteiger partial charge in [0.15, 0.2) is 0 Å². The maximum atomic E-state index is 7.51. The molecule has 0 bridgehead atoms. The Hall–Kier alpha value is -6.72. The molecule has 2 aliphatic carbocycles. The van der Waals surface area contributed by atoms with Crippen LogP contribution in [0.3, 0.4) is 0 Å². The molecule has 4 nitrogen and oxygen atoms in total. The van der Waals surface area contributed by atoms with Crippen LogP contribution in [0.2, 0.25) is 0 Å². The summed E-state index contributed by atoms with van der Waals surface area (Å²) in [5, 5.41) is 9.66. The SMILES string of the molecule is Cc1cc2c(cc1N1B3c4c(cc5c(oc6ccccc65)c4-c4c1ccc1c4oc4cc5c(cc41)C(C)(C)CCC5(C)C)-n1c4cc5ccccc5cc4c4cccc3c41)C(C)(C)CCC2(C)C. The molecule has 0 atom stereocenters. The molecule has 0 fully saturated rings. The van der Waals surface area contributed by atoms with Crippen LogP contribution in [0.25, 0.3) is 93.3 Å². The van der Waals surface area contributed by atoms with Gasteiger partial charge in [-0.15, -0.1) is 0 Å². The van der Waals surface area contributed by atoms with Crippen molar-refractivity contribution < 1.29 is 8.83 Å². The number of aryl methyl sites for hydroxylation is 1. The molecule has 332 valence electrons. The Labute approximate surface area is 397 Å². The number of aromatic nitrogens is 1. The van der Waals surface area contributed by atoms with E-state index in [1.165, 1.54) is 94.5 Å². The van der Waals surface area contributed by atoms with Gasteiger partial charge in [0.05, 0.1) is 16.6 Å². The summed E-state index contributed by atoms with van der Waals surface area (Å²) in [5.74, 6) is 0. The molecule has 0 unspecified atom stereocenters. The standard InChI is InChI=1S/C63H55BN2O2/c1-34-27-43-45(62(6,7)25-23-60(43,2)3)32-49(34)66-48-22-21-39-41-30-44-46(63(8,9)26-24-61(44,4)5)33-53(41)68-58(39)54(48)55-56-51(31-42-37-17-12-13-20-52(37)67-59(42)55)65-50-29-36-16-11-10-15-35(36)28-40(50)38-18-14-19-47(57(38)65)64(56)66/h10-22,27-33H,23-26H2,1-9H3. The third-order valence-electron chi connectivity index (χ3n) is 18.0. The number of hydrogen-bond acceptors (Lipinski definition) is 3. The molecule has 0 spiro atoms. The number of rotatable bonds is 1. The summed E-state index contributed by atoms with van der Waals surface area (Å²) in [7, 11) is 0. The fraction of sp³-hybridized carbons (Fsp3) is 0.270. The van der Waals surface area contributed by atoms with Crippen LogP contribution in [0.1, 0.15) is 109 Å². The Morgan fingerprint density at radius 3 is 1.82 bits per heavy atom. The fourth-order valence-electron chi connectivity index (χ4n) is 14.0. The van der Waals surface area contributed by atoms with Crippen molar-refractivity contribution in [2.45, 2.75) is 110 Å². The lowest BCUT2D eigenvalue weighted by Crippen LogP contribution is -2.60. The topological polar surface area (TPSA) is 34.5 Å². The second-order valence-electron chi connectivity index (χ2n) is 23.8. The maximum absolute atomic E-state index is 7.51. The molecule has 0 amide bonds. The Kier molecular flexibility index (Phi) is 7.21. The van der Waals surface area contributed by atoms with E-state index in [1.54, 1.807) is 0 Å². The van der Waals surface area contributed by atoms with Crippen LogP contribution in [0.5, 0.6) is 0 Å². The molecule has 5 heterocycles. The van der Waals surface area contributed by atoms with Crippen molar-refractivity contribution in [1.82, 2.24) is 4.57 Å². The first-order valence-electron chi connectivity index (χ1n) is 25.0. The van der Waals surface area contributed by atoms with Crippen LogP contribution < -0.4 is 15.7 Å². The van der Waals surface area contributed by atoms with Gasteiger partial charge < -0.3 is 18.2 Å². The smallest absolute Gasteiger partial charge is 0.333 e. The Balaban J connectivity index is 1.15. The van der Waals surface area contributed by atoms with Crippen LogP contribution in [-0.4, -0.2) is 11.4 Å². The average Bonchev–Trinajstić information content (AvgIpc) is 3.99. The number of para-hydroxylation sites is 2. The maximum Gasteiger partial charge on any atom is 0.333 e. The Morgan fingerprint density at radius 1 is 0.456 bits per heavy atom. The van der Waals surface area contributed by atoms with Gasteiger partial charge in [0.25, 0.3) is 0 Å². The van der Waals surface area contributed by atoms with Crippen molar-refractivity contribution >= 4 is 106 Å². The summed E-state index contributed by atoms with van der Waals surface area (Å²) in [6, 6.07) is 46.6. The Morgan fingerprint density at radius 2 is 1.07 bits per heavy atom.